The zero-order valence-electron chi connectivity index (χ0n) is 14.1. The quantitative estimate of drug-likeness (QED) is 0.379. The van der Waals surface area contributed by atoms with Crippen LogP contribution in [0.1, 0.15) is 33.1 Å². The van der Waals surface area contributed by atoms with Gasteiger partial charge in [0.1, 0.15) is 5.78 Å². The molecule has 0 aliphatic heterocycles. The van der Waals surface area contributed by atoms with E-state index in [1.54, 1.807) is 13.8 Å². The third-order valence-electron chi connectivity index (χ3n) is 5.75. The number of hydrogen-bond acceptors (Lipinski definition) is 6. The van der Waals surface area contributed by atoms with Crippen LogP contribution >= 0.6 is 0 Å². The standard InChI is InChI=1S/C13H17F5O7S2/c1-10(2)7-3-4-11(10,8(19)5-7)6-26(20,21)25-9(12(14,15)16)13(17,18)27(22,23)24/h7,9H,3-6H2,1-2H3,(H,22,23,24). The van der Waals surface area contributed by atoms with Crippen molar-refractivity contribution in [3.63, 3.8) is 0 Å². The molecule has 2 aliphatic carbocycles. The maximum atomic E-state index is 13.5. The number of Topliss-reactive ketones (excluding diaryl/α,β-unsaturated/α-hetero) is 1. The smallest absolute Gasteiger partial charge is 0.299 e. The number of carbonyl (C=O) groups excluding carboxylic acids is 1. The highest BCUT2D eigenvalue weighted by Crippen LogP contribution is 2.64. The molecule has 2 fully saturated rings. The van der Waals surface area contributed by atoms with Gasteiger partial charge in [0, 0.05) is 6.42 Å². The topological polar surface area (TPSA) is 115 Å². The average Bonchev–Trinajstić information content (AvgIpc) is 2.76. The highest BCUT2D eigenvalue weighted by molar-refractivity contribution is 7.87. The summed E-state index contributed by atoms with van der Waals surface area (Å²) in [7, 11) is -12.1. The van der Waals surface area contributed by atoms with Crippen molar-refractivity contribution in [1.82, 2.24) is 0 Å². The van der Waals surface area contributed by atoms with Crippen LogP contribution in [0, 0.1) is 16.7 Å². The van der Waals surface area contributed by atoms with Crippen LogP contribution in [0.5, 0.6) is 0 Å². The average molecular weight is 444 g/mol. The number of rotatable bonds is 6. The Morgan fingerprint density at radius 1 is 1.19 bits per heavy atom. The van der Waals surface area contributed by atoms with E-state index < -0.39 is 60.1 Å². The third-order valence-corrected chi connectivity index (χ3v) is 7.99. The number of alkyl halides is 5. The van der Waals surface area contributed by atoms with E-state index in [-0.39, 0.29) is 18.8 Å². The molecule has 0 amide bonds. The SMILES string of the molecule is CC1(C)C2CCC1(CS(=O)(=O)OC(C(F)(F)F)C(F)(F)S(=O)(=O)O)C(=O)C2. The van der Waals surface area contributed by atoms with Gasteiger partial charge in [0.25, 0.3) is 16.2 Å². The zero-order chi connectivity index (χ0) is 21.3. The van der Waals surface area contributed by atoms with Crippen molar-refractivity contribution in [2.45, 2.75) is 50.6 Å². The van der Waals surface area contributed by atoms with Crippen molar-refractivity contribution in [2.24, 2.45) is 16.7 Å². The van der Waals surface area contributed by atoms with Crippen molar-refractivity contribution in [1.29, 1.82) is 0 Å². The van der Waals surface area contributed by atoms with E-state index in [2.05, 4.69) is 4.18 Å². The van der Waals surface area contributed by atoms with Gasteiger partial charge in [-0.3, -0.25) is 9.35 Å². The van der Waals surface area contributed by atoms with Gasteiger partial charge in [-0.05, 0) is 24.2 Å². The molecule has 1 N–H and O–H groups in total. The molecular weight excluding hydrogens is 427 g/mol. The largest absolute Gasteiger partial charge is 0.423 e. The number of fused-ring (bicyclic) bond motifs is 2. The second-order valence-electron chi connectivity index (χ2n) is 7.42. The van der Waals surface area contributed by atoms with Crippen molar-refractivity contribution < 1.29 is 52.3 Å². The maximum Gasteiger partial charge on any atom is 0.423 e. The lowest BCUT2D eigenvalue weighted by molar-refractivity contribution is -0.238. The molecule has 2 aliphatic rings. The summed E-state index contributed by atoms with van der Waals surface area (Å²) >= 11 is 0. The van der Waals surface area contributed by atoms with Crippen LogP contribution in [0.2, 0.25) is 0 Å². The van der Waals surface area contributed by atoms with Gasteiger partial charge in [0.05, 0.1) is 11.2 Å². The Hall–Kier alpha value is -0.860. The van der Waals surface area contributed by atoms with Crippen LogP contribution in [0.15, 0.2) is 0 Å². The minimum Gasteiger partial charge on any atom is -0.299 e. The van der Waals surface area contributed by atoms with E-state index in [0.717, 1.165) is 0 Å². The highest BCUT2D eigenvalue weighted by atomic mass is 32.2. The second kappa shape index (κ2) is 6.07. The Bertz CT molecular complexity index is 847. The lowest BCUT2D eigenvalue weighted by Crippen LogP contribution is -2.53. The Kier molecular flexibility index (Phi) is 5.04. The zero-order valence-corrected chi connectivity index (χ0v) is 15.7. The molecule has 0 heterocycles. The van der Waals surface area contributed by atoms with Crippen LogP contribution in [0.4, 0.5) is 22.0 Å². The van der Waals surface area contributed by atoms with E-state index in [1.807, 2.05) is 0 Å². The molecule has 0 aromatic rings. The Morgan fingerprint density at radius 3 is 2.04 bits per heavy atom. The molecule has 0 aromatic carbocycles. The summed E-state index contributed by atoms with van der Waals surface area (Å²) in [5.41, 5.74) is -2.53. The van der Waals surface area contributed by atoms with E-state index in [4.69, 9.17) is 4.55 Å². The normalized spacial score (nSPS) is 29.9. The van der Waals surface area contributed by atoms with Gasteiger partial charge in [-0.25, -0.2) is 4.18 Å². The Morgan fingerprint density at radius 2 is 1.70 bits per heavy atom. The Balaban J connectivity index is 2.40. The molecule has 3 atom stereocenters. The third kappa shape index (κ3) is 3.49. The molecule has 2 rings (SSSR count). The first-order valence-electron chi connectivity index (χ1n) is 7.64. The summed E-state index contributed by atoms with van der Waals surface area (Å²) in [6, 6.07) is 0. The summed E-state index contributed by atoms with van der Waals surface area (Å²) in [5, 5.41) is -5.97. The molecule has 27 heavy (non-hydrogen) atoms. The predicted molar refractivity (Wildman–Crippen MR) is 79.8 cm³/mol. The fraction of sp³-hybridized carbons (Fsp3) is 0.923. The van der Waals surface area contributed by atoms with Crippen LogP contribution in [0.25, 0.3) is 0 Å². The molecular formula is C13H17F5O7S2. The molecule has 2 bridgehead atoms. The molecule has 0 spiro atoms. The number of ketones is 1. The van der Waals surface area contributed by atoms with Gasteiger partial charge < -0.3 is 0 Å². The molecule has 3 unspecified atom stereocenters. The minimum absolute atomic E-state index is 0.00635. The van der Waals surface area contributed by atoms with Gasteiger partial charge >= 0.3 is 21.5 Å². The highest BCUT2D eigenvalue weighted by Gasteiger charge is 2.68. The van der Waals surface area contributed by atoms with E-state index in [9.17, 15) is 43.6 Å². The molecule has 2 saturated carbocycles. The summed E-state index contributed by atoms with van der Waals surface area (Å²) in [4.78, 5) is 12.3. The minimum atomic E-state index is -6.64. The van der Waals surface area contributed by atoms with Crippen LogP contribution in [0.3, 0.4) is 0 Å². The first kappa shape index (κ1) is 22.4. The van der Waals surface area contributed by atoms with E-state index >= 15 is 0 Å². The monoisotopic (exact) mass is 444 g/mol. The molecule has 0 saturated heterocycles. The van der Waals surface area contributed by atoms with Crippen molar-refractivity contribution >= 4 is 26.0 Å². The van der Waals surface area contributed by atoms with Crippen molar-refractivity contribution in [2.75, 3.05) is 5.75 Å². The van der Waals surface area contributed by atoms with E-state index in [1.165, 1.54) is 0 Å². The fourth-order valence-corrected chi connectivity index (χ4v) is 6.41. The number of halogens is 5. The van der Waals surface area contributed by atoms with E-state index in [0.29, 0.717) is 6.42 Å². The van der Waals surface area contributed by atoms with Gasteiger partial charge in [-0.2, -0.15) is 38.8 Å². The number of hydrogen-bond donors (Lipinski definition) is 1. The van der Waals surface area contributed by atoms with Crippen molar-refractivity contribution in [3.8, 4) is 0 Å². The van der Waals surface area contributed by atoms with Crippen LogP contribution in [-0.4, -0.2) is 50.5 Å². The molecule has 0 aromatic heterocycles. The van der Waals surface area contributed by atoms with Gasteiger partial charge in [-0.1, -0.05) is 13.8 Å². The summed E-state index contributed by atoms with van der Waals surface area (Å²) in [6.07, 6.45) is -10.3. The van der Waals surface area contributed by atoms with Crippen molar-refractivity contribution in [3.05, 3.63) is 0 Å². The van der Waals surface area contributed by atoms with Gasteiger partial charge in [-0.15, -0.1) is 0 Å². The molecule has 0 radical (unpaired) electrons. The lowest BCUT2D eigenvalue weighted by atomic mass is 9.70. The number of carbonyl (C=O) groups is 1. The molecule has 7 nitrogen and oxygen atoms in total. The summed E-state index contributed by atoms with van der Waals surface area (Å²) < 4.78 is 123. The predicted octanol–water partition coefficient (Wildman–Crippen LogP) is 2.14. The second-order valence-corrected chi connectivity index (χ2v) is 10.5. The first-order valence-corrected chi connectivity index (χ1v) is 10.7. The van der Waals surface area contributed by atoms with Gasteiger partial charge in [0.2, 0.25) is 0 Å². The summed E-state index contributed by atoms with van der Waals surface area (Å²) in [5.74, 6) is -2.03. The Labute approximate surface area is 152 Å². The summed E-state index contributed by atoms with van der Waals surface area (Å²) in [6.45, 7) is 3.11. The lowest BCUT2D eigenvalue weighted by Gasteiger charge is -2.36. The first-order chi connectivity index (χ1) is 11.8. The van der Waals surface area contributed by atoms with Gasteiger partial charge in [0.15, 0.2) is 0 Å². The van der Waals surface area contributed by atoms with Crippen LogP contribution < -0.4 is 0 Å². The maximum absolute atomic E-state index is 13.5. The van der Waals surface area contributed by atoms with Crippen LogP contribution in [-0.2, 0) is 29.2 Å². The molecule has 158 valence electrons. The molecule has 14 heteroatoms. The fourth-order valence-electron chi connectivity index (χ4n) is 4.03.